The molecule has 0 atom stereocenters. The standard InChI is InChI=1S/C24H38N8O2S2/c25-9-1-13-31(14-2-10-26)23(33)19-5-7-21(29-17-19)35-36-22-8-6-20(18-30-22)24(34)32(15-3-11-27)16-4-12-28/h5-8,17-18H,1-4,9-16,25-28H2. The second kappa shape index (κ2) is 17.3. The van der Waals surface area contributed by atoms with Gasteiger partial charge in [0, 0.05) is 38.6 Å². The van der Waals surface area contributed by atoms with Gasteiger partial charge in [0.25, 0.3) is 11.8 Å². The van der Waals surface area contributed by atoms with Gasteiger partial charge in [0.2, 0.25) is 0 Å². The molecule has 0 aliphatic heterocycles. The number of nitrogens with two attached hydrogens (primary N) is 4. The first kappa shape index (κ1) is 30.0. The van der Waals surface area contributed by atoms with Crippen molar-refractivity contribution in [3.63, 3.8) is 0 Å². The van der Waals surface area contributed by atoms with Crippen LogP contribution in [0.5, 0.6) is 0 Å². The van der Waals surface area contributed by atoms with Crippen LogP contribution in [0.4, 0.5) is 0 Å². The zero-order chi connectivity index (χ0) is 26.2. The Morgan fingerprint density at radius 2 is 0.944 bits per heavy atom. The first-order valence-corrected chi connectivity index (χ1v) is 14.3. The maximum Gasteiger partial charge on any atom is 0.255 e. The number of carbonyl (C=O) groups excluding carboxylic acids is 2. The summed E-state index contributed by atoms with van der Waals surface area (Å²) in [6.45, 7) is 4.52. The van der Waals surface area contributed by atoms with Crippen LogP contribution in [-0.4, -0.2) is 83.9 Å². The summed E-state index contributed by atoms with van der Waals surface area (Å²) < 4.78 is 0. The Balaban J connectivity index is 1.94. The smallest absolute Gasteiger partial charge is 0.255 e. The lowest BCUT2D eigenvalue weighted by Gasteiger charge is -2.22. The molecule has 0 spiro atoms. The number of hydrogen-bond acceptors (Lipinski definition) is 10. The van der Waals surface area contributed by atoms with Crippen LogP contribution in [0.15, 0.2) is 46.7 Å². The molecule has 8 N–H and O–H groups in total. The predicted octanol–water partition coefficient (Wildman–Crippen LogP) is 1.56. The van der Waals surface area contributed by atoms with Gasteiger partial charge in [0.1, 0.15) is 10.1 Å². The number of hydrogen-bond donors (Lipinski definition) is 4. The van der Waals surface area contributed by atoms with Crippen molar-refractivity contribution in [3.8, 4) is 0 Å². The monoisotopic (exact) mass is 534 g/mol. The van der Waals surface area contributed by atoms with E-state index in [-0.39, 0.29) is 11.8 Å². The Morgan fingerprint density at radius 1 is 0.611 bits per heavy atom. The minimum Gasteiger partial charge on any atom is -0.339 e. The quantitative estimate of drug-likeness (QED) is 0.218. The molecule has 0 radical (unpaired) electrons. The fourth-order valence-corrected chi connectivity index (χ4v) is 5.03. The molecule has 2 rings (SSSR count). The highest BCUT2D eigenvalue weighted by molar-refractivity contribution is 8.76. The van der Waals surface area contributed by atoms with Gasteiger partial charge in [-0.05, 0) is 97.7 Å². The zero-order valence-electron chi connectivity index (χ0n) is 20.7. The van der Waals surface area contributed by atoms with Crippen molar-refractivity contribution in [2.24, 2.45) is 22.9 Å². The maximum atomic E-state index is 12.8. The van der Waals surface area contributed by atoms with Gasteiger partial charge < -0.3 is 32.7 Å². The van der Waals surface area contributed by atoms with Crippen LogP contribution in [0, 0.1) is 0 Å². The maximum absolute atomic E-state index is 12.8. The van der Waals surface area contributed by atoms with Crippen molar-refractivity contribution in [2.45, 2.75) is 35.7 Å². The van der Waals surface area contributed by atoms with E-state index in [2.05, 4.69) is 9.97 Å². The average Bonchev–Trinajstić information content (AvgIpc) is 2.92. The molecule has 2 aromatic rings. The van der Waals surface area contributed by atoms with Gasteiger partial charge in [-0.15, -0.1) is 0 Å². The highest BCUT2D eigenvalue weighted by Gasteiger charge is 2.17. The van der Waals surface area contributed by atoms with E-state index in [1.54, 1.807) is 34.3 Å². The molecule has 198 valence electrons. The van der Waals surface area contributed by atoms with Gasteiger partial charge in [0.15, 0.2) is 0 Å². The van der Waals surface area contributed by atoms with E-state index in [1.807, 2.05) is 12.1 Å². The Kier molecular flexibility index (Phi) is 14.4. The van der Waals surface area contributed by atoms with Crippen molar-refractivity contribution < 1.29 is 9.59 Å². The number of pyridine rings is 2. The molecule has 2 amide bonds. The first-order chi connectivity index (χ1) is 17.5. The van der Waals surface area contributed by atoms with Crippen LogP contribution in [0.3, 0.4) is 0 Å². The summed E-state index contributed by atoms with van der Waals surface area (Å²) >= 11 is 0. The van der Waals surface area contributed by atoms with E-state index in [0.717, 1.165) is 35.7 Å². The molecule has 12 heteroatoms. The Bertz CT molecular complexity index is 824. The number of nitrogens with zero attached hydrogens (tertiary/aromatic N) is 4. The molecule has 0 saturated carbocycles. The molecule has 10 nitrogen and oxygen atoms in total. The third-order valence-electron chi connectivity index (χ3n) is 5.28. The largest absolute Gasteiger partial charge is 0.339 e. The van der Waals surface area contributed by atoms with Gasteiger partial charge >= 0.3 is 0 Å². The van der Waals surface area contributed by atoms with Crippen LogP contribution in [0.25, 0.3) is 0 Å². The summed E-state index contributed by atoms with van der Waals surface area (Å²) in [5, 5.41) is 1.51. The van der Waals surface area contributed by atoms with Gasteiger partial charge in [0.05, 0.1) is 11.1 Å². The van der Waals surface area contributed by atoms with Gasteiger partial charge in [-0.25, -0.2) is 9.97 Å². The van der Waals surface area contributed by atoms with Crippen LogP contribution >= 0.6 is 21.6 Å². The van der Waals surface area contributed by atoms with Gasteiger partial charge in [-0.2, -0.15) is 0 Å². The van der Waals surface area contributed by atoms with E-state index in [1.165, 1.54) is 21.6 Å². The topological polar surface area (TPSA) is 170 Å². The molecule has 0 saturated heterocycles. The molecule has 0 aliphatic rings. The summed E-state index contributed by atoms with van der Waals surface area (Å²) in [5.41, 5.74) is 23.5. The molecular weight excluding hydrogens is 496 g/mol. The lowest BCUT2D eigenvalue weighted by atomic mass is 10.2. The zero-order valence-corrected chi connectivity index (χ0v) is 22.3. The van der Waals surface area contributed by atoms with E-state index < -0.39 is 0 Å². The fourth-order valence-electron chi connectivity index (χ4n) is 3.32. The first-order valence-electron chi connectivity index (χ1n) is 12.2. The number of amides is 2. The molecule has 2 aromatic heterocycles. The summed E-state index contributed by atoms with van der Waals surface area (Å²) in [7, 11) is 2.87. The van der Waals surface area contributed by atoms with Gasteiger partial charge in [-0.3, -0.25) is 9.59 Å². The van der Waals surface area contributed by atoms with Gasteiger partial charge in [-0.1, -0.05) is 0 Å². The van der Waals surface area contributed by atoms with E-state index in [4.69, 9.17) is 22.9 Å². The molecule has 2 heterocycles. The number of carbonyl (C=O) groups is 2. The Hall–Kier alpha value is -2.22. The molecule has 0 unspecified atom stereocenters. The number of rotatable bonds is 17. The van der Waals surface area contributed by atoms with Crippen molar-refractivity contribution >= 4 is 33.4 Å². The summed E-state index contributed by atoms with van der Waals surface area (Å²) in [4.78, 5) is 38.1. The predicted molar refractivity (Wildman–Crippen MR) is 147 cm³/mol. The number of aromatic nitrogens is 2. The third-order valence-corrected chi connectivity index (χ3v) is 7.46. The molecule has 0 aliphatic carbocycles. The van der Waals surface area contributed by atoms with E-state index in [0.29, 0.717) is 63.5 Å². The molecule has 0 aromatic carbocycles. The molecule has 0 bridgehead atoms. The van der Waals surface area contributed by atoms with E-state index >= 15 is 0 Å². The highest BCUT2D eigenvalue weighted by Crippen LogP contribution is 2.35. The molecule has 0 fully saturated rings. The second-order valence-electron chi connectivity index (χ2n) is 8.09. The summed E-state index contributed by atoms with van der Waals surface area (Å²) in [6.07, 6.45) is 6.15. The van der Waals surface area contributed by atoms with Crippen LogP contribution in [-0.2, 0) is 0 Å². The SMILES string of the molecule is NCCCN(CCCN)C(=O)c1ccc(SSc2ccc(C(=O)N(CCCN)CCCN)cn2)nc1. The molecule has 36 heavy (non-hydrogen) atoms. The van der Waals surface area contributed by atoms with E-state index in [9.17, 15) is 9.59 Å². The minimum atomic E-state index is -0.0671. The van der Waals surface area contributed by atoms with Crippen molar-refractivity contribution in [1.29, 1.82) is 0 Å². The average molecular weight is 535 g/mol. The van der Waals surface area contributed by atoms with Crippen LogP contribution in [0.1, 0.15) is 46.4 Å². The molecular formula is C24H38N8O2S2. The second-order valence-corrected chi connectivity index (χ2v) is 10.3. The third kappa shape index (κ3) is 10.0. The van der Waals surface area contributed by atoms with Crippen molar-refractivity contribution in [2.75, 3.05) is 52.4 Å². The Morgan fingerprint density at radius 3 is 1.19 bits per heavy atom. The fraction of sp³-hybridized carbons (Fsp3) is 0.500. The van der Waals surface area contributed by atoms with Crippen molar-refractivity contribution in [1.82, 2.24) is 19.8 Å². The summed E-state index contributed by atoms with van der Waals surface area (Å²) in [5.74, 6) is -0.134. The lowest BCUT2D eigenvalue weighted by molar-refractivity contribution is 0.0745. The summed E-state index contributed by atoms with van der Waals surface area (Å²) in [6, 6.07) is 7.20. The highest BCUT2D eigenvalue weighted by atomic mass is 33.1. The minimum absolute atomic E-state index is 0.0671. The Labute approximate surface area is 221 Å². The van der Waals surface area contributed by atoms with Crippen LogP contribution in [0.2, 0.25) is 0 Å². The lowest BCUT2D eigenvalue weighted by Crippen LogP contribution is -2.34. The van der Waals surface area contributed by atoms with Crippen LogP contribution < -0.4 is 22.9 Å². The van der Waals surface area contributed by atoms with Crippen molar-refractivity contribution in [3.05, 3.63) is 47.8 Å². The normalized spacial score (nSPS) is 10.9.